The zero-order valence-electron chi connectivity index (χ0n) is 9.18. The van der Waals surface area contributed by atoms with Crippen LogP contribution in [0.25, 0.3) is 10.8 Å². The van der Waals surface area contributed by atoms with Gasteiger partial charge in [0.25, 0.3) is 0 Å². The summed E-state index contributed by atoms with van der Waals surface area (Å²) in [6.07, 6.45) is 5.24. The first-order valence-electron chi connectivity index (χ1n) is 5.05. The van der Waals surface area contributed by atoms with E-state index in [0.717, 1.165) is 0 Å². The molecule has 2 N–H and O–H groups in total. The molecule has 0 amide bonds. The fourth-order valence-corrected chi connectivity index (χ4v) is 1.91. The maximum Gasteiger partial charge on any atom is 0.337 e. The molecule has 4 nitrogen and oxygen atoms in total. The average molecular weight is 240 g/mol. The Bertz CT molecular complexity index is 708. The number of aromatic carboxylic acids is 2. The van der Waals surface area contributed by atoms with Gasteiger partial charge in [0.15, 0.2) is 0 Å². The van der Waals surface area contributed by atoms with Crippen LogP contribution in [0.2, 0.25) is 0 Å². The molecule has 0 unspecified atom stereocenters. The van der Waals surface area contributed by atoms with Crippen LogP contribution in [-0.2, 0) is 0 Å². The van der Waals surface area contributed by atoms with Crippen molar-refractivity contribution >= 4 is 22.7 Å². The third-order valence-electron chi connectivity index (χ3n) is 2.63. The van der Waals surface area contributed by atoms with Gasteiger partial charge in [0, 0.05) is 5.56 Å². The van der Waals surface area contributed by atoms with E-state index in [4.69, 9.17) is 11.5 Å². The highest BCUT2D eigenvalue weighted by atomic mass is 16.4. The third kappa shape index (κ3) is 1.68. The van der Waals surface area contributed by atoms with E-state index in [0.29, 0.717) is 10.8 Å². The minimum absolute atomic E-state index is 0.0681. The lowest BCUT2D eigenvalue weighted by atomic mass is 9.94. The van der Waals surface area contributed by atoms with Crippen LogP contribution < -0.4 is 0 Å². The second-order valence-corrected chi connectivity index (χ2v) is 3.65. The molecule has 2 aromatic carbocycles. The molecule has 88 valence electrons. The first-order chi connectivity index (χ1) is 8.56. The molecular weight excluding hydrogens is 232 g/mol. The van der Waals surface area contributed by atoms with Crippen LogP contribution in [0.5, 0.6) is 0 Å². The zero-order valence-corrected chi connectivity index (χ0v) is 9.18. The number of hydrogen-bond donors (Lipinski definition) is 2. The maximum atomic E-state index is 11.3. The fourth-order valence-electron chi connectivity index (χ4n) is 1.91. The lowest BCUT2D eigenvalue weighted by Gasteiger charge is -2.09. The lowest BCUT2D eigenvalue weighted by Crippen LogP contribution is -2.11. The highest BCUT2D eigenvalue weighted by Crippen LogP contribution is 2.26. The second-order valence-electron chi connectivity index (χ2n) is 3.65. The van der Waals surface area contributed by atoms with Crippen molar-refractivity contribution in [3.63, 3.8) is 0 Å². The van der Waals surface area contributed by atoms with Gasteiger partial charge >= 0.3 is 11.9 Å². The molecule has 0 atom stereocenters. The molecule has 2 rings (SSSR count). The molecular formula is C14H8O4. The standard InChI is InChI=1S/C14H8O4/c1-2-8-7-9-5-3-4-6-10(9)12(14(17)18)11(8)13(15)16/h1,3-7H,(H,15,16)(H,17,18). The third-order valence-corrected chi connectivity index (χ3v) is 2.63. The normalized spacial score (nSPS) is 9.94. The van der Waals surface area contributed by atoms with Crippen molar-refractivity contribution < 1.29 is 19.8 Å². The molecule has 18 heavy (non-hydrogen) atoms. The predicted octanol–water partition coefficient (Wildman–Crippen LogP) is 2.22. The molecule has 0 radical (unpaired) electrons. The summed E-state index contributed by atoms with van der Waals surface area (Å²) < 4.78 is 0. The van der Waals surface area contributed by atoms with Gasteiger partial charge < -0.3 is 10.2 Å². The number of hydrogen-bond acceptors (Lipinski definition) is 2. The Hall–Kier alpha value is -2.80. The minimum Gasteiger partial charge on any atom is -0.478 e. The molecule has 0 aliphatic rings. The molecule has 0 bridgehead atoms. The molecule has 0 aliphatic heterocycles. The summed E-state index contributed by atoms with van der Waals surface area (Å²) in [4.78, 5) is 22.5. The summed E-state index contributed by atoms with van der Waals surface area (Å²) in [5, 5.41) is 19.3. The first kappa shape index (κ1) is 11.7. The molecule has 0 heterocycles. The van der Waals surface area contributed by atoms with E-state index in [9.17, 15) is 14.7 Å². The predicted molar refractivity (Wildman–Crippen MR) is 65.8 cm³/mol. The number of carboxylic acids is 2. The van der Waals surface area contributed by atoms with Crippen LogP contribution in [0, 0.1) is 12.3 Å². The molecule has 0 saturated carbocycles. The number of benzene rings is 2. The number of terminal acetylenes is 1. The van der Waals surface area contributed by atoms with Crippen LogP contribution in [0.4, 0.5) is 0 Å². The van der Waals surface area contributed by atoms with Crippen molar-refractivity contribution in [1.29, 1.82) is 0 Å². The van der Waals surface area contributed by atoms with Crippen molar-refractivity contribution in [2.75, 3.05) is 0 Å². The SMILES string of the molecule is C#Cc1cc2ccccc2c(C(=O)O)c1C(=O)O. The quantitative estimate of drug-likeness (QED) is 0.789. The van der Waals surface area contributed by atoms with Gasteiger partial charge in [-0.05, 0) is 16.8 Å². The molecule has 4 heteroatoms. The molecule has 0 saturated heterocycles. The van der Waals surface area contributed by atoms with Crippen LogP contribution in [0.3, 0.4) is 0 Å². The second kappa shape index (κ2) is 4.22. The Labute approximate surface area is 102 Å². The van der Waals surface area contributed by atoms with Crippen molar-refractivity contribution in [1.82, 2.24) is 0 Å². The van der Waals surface area contributed by atoms with E-state index in [1.165, 1.54) is 6.07 Å². The highest BCUT2D eigenvalue weighted by molar-refractivity contribution is 6.13. The summed E-state index contributed by atoms with van der Waals surface area (Å²) in [7, 11) is 0. The van der Waals surface area contributed by atoms with Crippen LogP contribution in [-0.4, -0.2) is 22.2 Å². The van der Waals surface area contributed by atoms with Crippen molar-refractivity contribution in [2.45, 2.75) is 0 Å². The van der Waals surface area contributed by atoms with Crippen LogP contribution in [0.1, 0.15) is 26.3 Å². The number of carboxylic acid groups (broad SMARTS) is 2. The zero-order chi connectivity index (χ0) is 13.3. The van der Waals surface area contributed by atoms with Gasteiger partial charge in [-0.2, -0.15) is 0 Å². The molecule has 0 fully saturated rings. The van der Waals surface area contributed by atoms with Gasteiger partial charge in [0.2, 0.25) is 0 Å². The maximum absolute atomic E-state index is 11.3. The van der Waals surface area contributed by atoms with E-state index >= 15 is 0 Å². The van der Waals surface area contributed by atoms with Gasteiger partial charge in [0.1, 0.15) is 0 Å². The minimum atomic E-state index is -1.34. The lowest BCUT2D eigenvalue weighted by molar-refractivity contribution is 0.0653. The first-order valence-corrected chi connectivity index (χ1v) is 5.05. The van der Waals surface area contributed by atoms with Crippen LogP contribution >= 0.6 is 0 Å². The highest BCUT2D eigenvalue weighted by Gasteiger charge is 2.22. The Balaban J connectivity index is 3.04. The number of carbonyl (C=O) groups is 2. The van der Waals surface area contributed by atoms with Crippen molar-refractivity contribution in [2.24, 2.45) is 0 Å². The van der Waals surface area contributed by atoms with E-state index < -0.39 is 11.9 Å². The Morgan fingerprint density at radius 1 is 1.06 bits per heavy atom. The summed E-state index contributed by atoms with van der Waals surface area (Å²) >= 11 is 0. The molecule has 0 aliphatic carbocycles. The van der Waals surface area contributed by atoms with Crippen molar-refractivity contribution in [3.8, 4) is 12.3 Å². The molecule has 0 aromatic heterocycles. The van der Waals surface area contributed by atoms with Crippen molar-refractivity contribution in [3.05, 3.63) is 47.0 Å². The monoisotopic (exact) mass is 240 g/mol. The topological polar surface area (TPSA) is 74.6 Å². The fraction of sp³-hybridized carbons (Fsp3) is 0. The van der Waals surface area contributed by atoms with E-state index in [1.54, 1.807) is 24.3 Å². The summed E-state index contributed by atoms with van der Waals surface area (Å²) in [5.41, 5.74) is -0.546. The molecule has 2 aromatic rings. The summed E-state index contributed by atoms with van der Waals surface area (Å²) in [6, 6.07) is 8.13. The number of rotatable bonds is 2. The van der Waals surface area contributed by atoms with Gasteiger partial charge in [0.05, 0.1) is 11.1 Å². The summed E-state index contributed by atoms with van der Waals surface area (Å²) in [6.45, 7) is 0. The smallest absolute Gasteiger partial charge is 0.337 e. The average Bonchev–Trinajstić information content (AvgIpc) is 2.35. The number of fused-ring (bicyclic) bond motifs is 1. The summed E-state index contributed by atoms with van der Waals surface area (Å²) in [5.74, 6) is -0.426. The largest absolute Gasteiger partial charge is 0.478 e. The van der Waals surface area contributed by atoms with E-state index in [2.05, 4.69) is 5.92 Å². The van der Waals surface area contributed by atoms with Gasteiger partial charge in [-0.25, -0.2) is 9.59 Å². The Morgan fingerprint density at radius 3 is 2.22 bits per heavy atom. The van der Waals surface area contributed by atoms with Gasteiger partial charge in [-0.15, -0.1) is 6.42 Å². The molecule has 0 spiro atoms. The van der Waals surface area contributed by atoms with E-state index in [-0.39, 0.29) is 16.7 Å². The van der Waals surface area contributed by atoms with Gasteiger partial charge in [-0.3, -0.25) is 0 Å². The Kier molecular flexibility index (Phi) is 2.74. The van der Waals surface area contributed by atoms with E-state index in [1.807, 2.05) is 0 Å². The van der Waals surface area contributed by atoms with Crippen LogP contribution in [0.15, 0.2) is 30.3 Å². The Morgan fingerprint density at radius 2 is 1.67 bits per heavy atom. The van der Waals surface area contributed by atoms with Gasteiger partial charge in [-0.1, -0.05) is 30.2 Å².